The summed E-state index contributed by atoms with van der Waals surface area (Å²) in [6, 6.07) is 0. The molecule has 0 bridgehead atoms. The summed E-state index contributed by atoms with van der Waals surface area (Å²) >= 11 is 0. The molecule has 0 aromatic rings. The van der Waals surface area contributed by atoms with Crippen molar-refractivity contribution >= 4 is 23.7 Å². The average molecular weight is 567 g/mol. The maximum atomic E-state index is 13.6. The number of aliphatic carboxylic acids is 3. The Morgan fingerprint density at radius 1 is 0.575 bits per heavy atom. The molecule has 2 saturated carbocycles. The number of nitrogens with zero attached hydrogens (tertiary/aromatic N) is 4. The standard InChI is InChI=1S/C29H50N4O7/c1-22-15-24(17-23-3-2-4-23)5-6-25(16-22)26(34)18-30-7-9-31(19-27(35)36)11-13-33(21-29(39)40)14-12-32(10-8-30)20-28(37)38/h22-25H,2-21H2,1H3,(H,35,36)(H,37,38)(H,39,40). The van der Waals surface area contributed by atoms with E-state index < -0.39 is 17.9 Å². The molecule has 40 heavy (non-hydrogen) atoms. The number of hydrogen-bond donors (Lipinski definition) is 3. The van der Waals surface area contributed by atoms with Gasteiger partial charge < -0.3 is 15.3 Å². The maximum absolute atomic E-state index is 13.6. The molecule has 2 aliphatic carbocycles. The second-order valence-corrected chi connectivity index (χ2v) is 12.5. The van der Waals surface area contributed by atoms with Gasteiger partial charge in [0.05, 0.1) is 26.2 Å². The molecule has 1 heterocycles. The molecular weight excluding hydrogens is 516 g/mol. The molecule has 11 heteroatoms. The first-order chi connectivity index (χ1) is 19.1. The Morgan fingerprint density at radius 3 is 1.38 bits per heavy atom. The van der Waals surface area contributed by atoms with Crippen LogP contribution in [0.3, 0.4) is 0 Å². The van der Waals surface area contributed by atoms with Gasteiger partial charge in [-0.25, -0.2) is 0 Å². The van der Waals surface area contributed by atoms with E-state index in [9.17, 15) is 34.5 Å². The zero-order valence-corrected chi connectivity index (χ0v) is 24.2. The van der Waals surface area contributed by atoms with Gasteiger partial charge in [0.2, 0.25) is 0 Å². The molecule has 228 valence electrons. The van der Waals surface area contributed by atoms with Gasteiger partial charge >= 0.3 is 17.9 Å². The SMILES string of the molecule is CC1CC(CC2CCC2)CCC(C(=O)CN2CCN(CC(=O)O)CCN(CC(=O)O)CCN(CC(=O)O)CC2)C1. The van der Waals surface area contributed by atoms with Crippen LogP contribution in [0, 0.1) is 23.7 Å². The number of hydrogen-bond acceptors (Lipinski definition) is 8. The van der Waals surface area contributed by atoms with Gasteiger partial charge in [-0.1, -0.05) is 26.2 Å². The Hall–Kier alpha value is -2.08. The highest BCUT2D eigenvalue weighted by atomic mass is 16.4. The van der Waals surface area contributed by atoms with Crippen LogP contribution in [-0.2, 0) is 19.2 Å². The molecular formula is C29H50N4O7. The summed E-state index contributed by atoms with van der Waals surface area (Å²) in [7, 11) is 0. The van der Waals surface area contributed by atoms with Gasteiger partial charge in [0.25, 0.3) is 0 Å². The van der Waals surface area contributed by atoms with E-state index in [4.69, 9.17) is 0 Å². The van der Waals surface area contributed by atoms with Crippen molar-refractivity contribution in [2.45, 2.75) is 58.3 Å². The largest absolute Gasteiger partial charge is 0.480 e. The number of carboxylic acid groups (broad SMARTS) is 3. The fraction of sp³-hybridized carbons (Fsp3) is 0.862. The molecule has 3 N–H and O–H groups in total. The van der Waals surface area contributed by atoms with E-state index in [1.54, 1.807) is 14.7 Å². The molecule has 3 atom stereocenters. The summed E-state index contributed by atoms with van der Waals surface area (Å²) in [6.45, 7) is 5.39. The molecule has 0 aromatic heterocycles. The van der Waals surface area contributed by atoms with Crippen LogP contribution in [0.25, 0.3) is 0 Å². The van der Waals surface area contributed by atoms with Crippen LogP contribution in [0.2, 0.25) is 0 Å². The highest BCUT2D eigenvalue weighted by Gasteiger charge is 2.31. The number of ketones is 1. The third-order valence-corrected chi connectivity index (χ3v) is 9.08. The Bertz CT molecular complexity index is 820. The first kappa shape index (κ1) is 32.4. The fourth-order valence-electron chi connectivity index (χ4n) is 6.66. The molecule has 1 saturated heterocycles. The Labute approximate surface area is 238 Å². The maximum Gasteiger partial charge on any atom is 0.317 e. The minimum absolute atomic E-state index is 0.0394. The van der Waals surface area contributed by atoms with Gasteiger partial charge in [-0.2, -0.15) is 0 Å². The van der Waals surface area contributed by atoms with Gasteiger partial charge in [-0.05, 0) is 49.9 Å². The smallest absolute Gasteiger partial charge is 0.317 e. The van der Waals surface area contributed by atoms with Crippen molar-refractivity contribution in [1.29, 1.82) is 0 Å². The minimum atomic E-state index is -0.978. The van der Waals surface area contributed by atoms with Crippen molar-refractivity contribution in [3.8, 4) is 0 Å². The molecule has 1 aliphatic heterocycles. The first-order valence-electron chi connectivity index (χ1n) is 15.1. The Kier molecular flexibility index (Phi) is 13.3. The van der Waals surface area contributed by atoms with E-state index in [-0.39, 0.29) is 37.9 Å². The van der Waals surface area contributed by atoms with E-state index in [0.717, 1.165) is 31.1 Å². The van der Waals surface area contributed by atoms with E-state index >= 15 is 0 Å². The van der Waals surface area contributed by atoms with E-state index in [1.165, 1.54) is 32.1 Å². The molecule has 3 fully saturated rings. The third-order valence-electron chi connectivity index (χ3n) is 9.08. The lowest BCUT2D eigenvalue weighted by atomic mass is 9.76. The van der Waals surface area contributed by atoms with Crippen molar-refractivity contribution in [3.63, 3.8) is 0 Å². The molecule has 0 spiro atoms. The second-order valence-electron chi connectivity index (χ2n) is 12.5. The van der Waals surface area contributed by atoms with E-state index in [2.05, 4.69) is 11.8 Å². The molecule has 3 rings (SSSR count). The topological polar surface area (TPSA) is 142 Å². The molecule has 11 nitrogen and oxygen atoms in total. The molecule has 0 radical (unpaired) electrons. The van der Waals surface area contributed by atoms with Crippen LogP contribution < -0.4 is 0 Å². The van der Waals surface area contributed by atoms with Gasteiger partial charge in [0.15, 0.2) is 0 Å². The highest BCUT2D eigenvalue weighted by molar-refractivity contribution is 5.83. The van der Waals surface area contributed by atoms with Crippen molar-refractivity contribution in [2.75, 3.05) is 78.5 Å². The van der Waals surface area contributed by atoms with Crippen LogP contribution in [0.1, 0.15) is 58.3 Å². The van der Waals surface area contributed by atoms with Crippen LogP contribution in [0.15, 0.2) is 0 Å². The molecule has 3 unspecified atom stereocenters. The number of rotatable bonds is 11. The number of Topliss-reactive ketones (excluding diaryl/α,β-unsaturated/α-hetero) is 1. The van der Waals surface area contributed by atoms with Crippen LogP contribution >= 0.6 is 0 Å². The van der Waals surface area contributed by atoms with E-state index in [1.807, 2.05) is 0 Å². The molecule has 3 aliphatic rings. The minimum Gasteiger partial charge on any atom is -0.480 e. The lowest BCUT2D eigenvalue weighted by Gasteiger charge is -2.33. The fourth-order valence-corrected chi connectivity index (χ4v) is 6.66. The quantitative estimate of drug-likeness (QED) is 0.314. The summed E-state index contributed by atoms with van der Waals surface area (Å²) in [5.74, 6) is -0.470. The third kappa shape index (κ3) is 11.8. The first-order valence-corrected chi connectivity index (χ1v) is 15.1. The van der Waals surface area contributed by atoms with Gasteiger partial charge in [0.1, 0.15) is 5.78 Å². The summed E-state index contributed by atoms with van der Waals surface area (Å²) in [5.41, 5.74) is 0. The zero-order valence-electron chi connectivity index (χ0n) is 24.2. The summed E-state index contributed by atoms with van der Waals surface area (Å²) in [4.78, 5) is 55.3. The summed E-state index contributed by atoms with van der Waals surface area (Å²) < 4.78 is 0. The highest BCUT2D eigenvalue weighted by Crippen LogP contribution is 2.39. The van der Waals surface area contributed by atoms with Crippen LogP contribution in [-0.4, -0.2) is 137 Å². The lowest BCUT2D eigenvalue weighted by Crippen LogP contribution is -2.49. The second kappa shape index (κ2) is 16.4. The normalized spacial score (nSPS) is 27.6. The van der Waals surface area contributed by atoms with Gasteiger partial charge in [-0.3, -0.25) is 38.8 Å². The molecule has 0 aromatic carbocycles. The van der Waals surface area contributed by atoms with Crippen molar-refractivity contribution in [1.82, 2.24) is 19.6 Å². The predicted molar refractivity (Wildman–Crippen MR) is 150 cm³/mol. The lowest BCUT2D eigenvalue weighted by molar-refractivity contribution is -0.140. The monoisotopic (exact) mass is 566 g/mol. The Morgan fingerprint density at radius 2 is 1.00 bits per heavy atom. The van der Waals surface area contributed by atoms with Crippen molar-refractivity contribution in [3.05, 3.63) is 0 Å². The number of carboxylic acids is 3. The van der Waals surface area contributed by atoms with Crippen molar-refractivity contribution in [2.24, 2.45) is 23.7 Å². The predicted octanol–water partition coefficient (Wildman–Crippen LogP) is 1.66. The average Bonchev–Trinajstić information content (AvgIpc) is 3.03. The van der Waals surface area contributed by atoms with Crippen molar-refractivity contribution < 1.29 is 34.5 Å². The number of carbonyl (C=O) groups excluding carboxylic acids is 1. The number of carbonyl (C=O) groups is 4. The summed E-state index contributed by atoms with van der Waals surface area (Å²) in [6.07, 6.45) is 9.56. The Balaban J connectivity index is 1.65. The van der Waals surface area contributed by atoms with Gasteiger partial charge in [-0.15, -0.1) is 0 Å². The van der Waals surface area contributed by atoms with Crippen LogP contribution in [0.4, 0.5) is 0 Å². The van der Waals surface area contributed by atoms with Crippen LogP contribution in [0.5, 0.6) is 0 Å². The van der Waals surface area contributed by atoms with E-state index in [0.29, 0.717) is 58.3 Å². The van der Waals surface area contributed by atoms with Gasteiger partial charge in [0, 0.05) is 58.3 Å². The summed E-state index contributed by atoms with van der Waals surface area (Å²) in [5, 5.41) is 28.2. The molecule has 0 amide bonds. The zero-order chi connectivity index (χ0) is 29.1.